The van der Waals surface area contributed by atoms with E-state index in [1.165, 1.54) is 25.6 Å². The maximum atomic E-state index is 6.12. The van der Waals surface area contributed by atoms with Gasteiger partial charge in [0, 0.05) is 6.04 Å². The van der Waals surface area contributed by atoms with Gasteiger partial charge in [0.15, 0.2) is 0 Å². The van der Waals surface area contributed by atoms with Crippen LogP contribution in [0, 0.1) is 0 Å². The van der Waals surface area contributed by atoms with E-state index in [9.17, 15) is 0 Å². The van der Waals surface area contributed by atoms with E-state index < -0.39 is 0 Å². The summed E-state index contributed by atoms with van der Waals surface area (Å²) in [7, 11) is 0. The molecule has 0 spiro atoms. The highest BCUT2D eigenvalue weighted by atomic mass is 16.5. The third-order valence-electron chi connectivity index (χ3n) is 3.18. The molecule has 2 rings (SSSR count). The number of rotatable bonds is 4. The van der Waals surface area contributed by atoms with Crippen LogP contribution in [0.5, 0.6) is 11.8 Å². The van der Waals surface area contributed by atoms with Crippen LogP contribution < -0.4 is 15.2 Å². The molecule has 0 bridgehead atoms. The molecule has 0 aromatic carbocycles. The van der Waals surface area contributed by atoms with Crippen LogP contribution >= 0.6 is 0 Å². The van der Waals surface area contributed by atoms with Crippen molar-refractivity contribution in [2.45, 2.75) is 51.2 Å². The highest BCUT2D eigenvalue weighted by Gasteiger charge is 2.22. The summed E-state index contributed by atoms with van der Waals surface area (Å²) in [5, 5.41) is 0. The zero-order valence-electron chi connectivity index (χ0n) is 10.8. The van der Waals surface area contributed by atoms with Gasteiger partial charge in [-0.2, -0.15) is 0 Å². The lowest BCUT2D eigenvalue weighted by Gasteiger charge is -2.22. The first-order valence-corrected chi connectivity index (χ1v) is 6.66. The summed E-state index contributed by atoms with van der Waals surface area (Å²) in [5.74, 6) is 1.10. The molecule has 0 saturated heterocycles. The Kier molecular flexibility index (Phi) is 4.75. The van der Waals surface area contributed by atoms with Crippen molar-refractivity contribution in [1.29, 1.82) is 0 Å². The van der Waals surface area contributed by atoms with Gasteiger partial charge < -0.3 is 15.2 Å². The van der Waals surface area contributed by atoms with E-state index in [-0.39, 0.29) is 12.1 Å². The lowest BCUT2D eigenvalue weighted by molar-refractivity contribution is 0.154. The van der Waals surface area contributed by atoms with Gasteiger partial charge in [-0.15, -0.1) is 0 Å². The molecule has 1 fully saturated rings. The van der Waals surface area contributed by atoms with E-state index in [0.717, 1.165) is 12.8 Å². The van der Waals surface area contributed by atoms with Gasteiger partial charge in [0.1, 0.15) is 12.4 Å². The summed E-state index contributed by atoms with van der Waals surface area (Å²) in [4.78, 5) is 8.13. The first-order valence-electron chi connectivity index (χ1n) is 6.66. The summed E-state index contributed by atoms with van der Waals surface area (Å²) >= 11 is 0. The third kappa shape index (κ3) is 3.57. The third-order valence-corrected chi connectivity index (χ3v) is 3.18. The number of ether oxygens (including phenoxy) is 2. The van der Waals surface area contributed by atoms with Crippen molar-refractivity contribution in [3.8, 4) is 11.8 Å². The second-order valence-electron chi connectivity index (χ2n) is 4.59. The Labute approximate surface area is 108 Å². The fourth-order valence-electron chi connectivity index (χ4n) is 2.22. The molecule has 0 aliphatic heterocycles. The van der Waals surface area contributed by atoms with Crippen LogP contribution in [-0.4, -0.2) is 28.7 Å². The molecule has 1 aromatic heterocycles. The van der Waals surface area contributed by atoms with Crippen LogP contribution in [0.25, 0.3) is 0 Å². The van der Waals surface area contributed by atoms with Gasteiger partial charge in [-0.05, 0) is 26.2 Å². The molecular weight excluding hydrogens is 230 g/mol. The maximum absolute atomic E-state index is 6.12. The van der Waals surface area contributed by atoms with Gasteiger partial charge >= 0.3 is 0 Å². The predicted octanol–water partition coefficient (Wildman–Crippen LogP) is 1.91. The van der Waals surface area contributed by atoms with Crippen molar-refractivity contribution >= 4 is 0 Å². The molecule has 5 nitrogen and oxygen atoms in total. The Morgan fingerprint density at radius 2 is 2.00 bits per heavy atom. The number of nitrogens with zero attached hydrogens (tertiary/aromatic N) is 2. The Hall–Kier alpha value is -1.36. The predicted molar refractivity (Wildman–Crippen MR) is 68.7 cm³/mol. The molecule has 1 aliphatic carbocycles. The standard InChI is InChI=1S/C13H21N3O2/c1-2-17-12-8-13(16-9-15-12)18-11-7-5-3-4-6-10(11)14/h8-11H,2-7,14H2,1H3. The van der Waals surface area contributed by atoms with Crippen molar-refractivity contribution in [3.05, 3.63) is 12.4 Å². The van der Waals surface area contributed by atoms with Crippen molar-refractivity contribution in [2.75, 3.05) is 6.61 Å². The largest absolute Gasteiger partial charge is 0.478 e. The second kappa shape index (κ2) is 6.54. The van der Waals surface area contributed by atoms with E-state index in [0.29, 0.717) is 18.4 Å². The van der Waals surface area contributed by atoms with Crippen molar-refractivity contribution in [2.24, 2.45) is 5.73 Å². The smallest absolute Gasteiger partial charge is 0.220 e. The monoisotopic (exact) mass is 251 g/mol. The van der Waals surface area contributed by atoms with Gasteiger partial charge in [-0.3, -0.25) is 0 Å². The maximum Gasteiger partial charge on any atom is 0.220 e. The highest BCUT2D eigenvalue weighted by Crippen LogP contribution is 2.22. The fraction of sp³-hybridized carbons (Fsp3) is 0.692. The van der Waals surface area contributed by atoms with Crippen LogP contribution in [0.3, 0.4) is 0 Å². The Morgan fingerprint density at radius 3 is 2.83 bits per heavy atom. The molecule has 100 valence electrons. The number of nitrogens with two attached hydrogens (primary N) is 1. The van der Waals surface area contributed by atoms with Gasteiger partial charge in [0.25, 0.3) is 0 Å². The molecule has 2 unspecified atom stereocenters. The van der Waals surface area contributed by atoms with Gasteiger partial charge in [0.05, 0.1) is 12.7 Å². The van der Waals surface area contributed by atoms with Crippen molar-refractivity contribution in [1.82, 2.24) is 9.97 Å². The van der Waals surface area contributed by atoms with Gasteiger partial charge in [-0.1, -0.05) is 12.8 Å². The van der Waals surface area contributed by atoms with E-state index in [4.69, 9.17) is 15.2 Å². The van der Waals surface area contributed by atoms with E-state index >= 15 is 0 Å². The average Bonchev–Trinajstić information content (AvgIpc) is 2.56. The quantitative estimate of drug-likeness (QED) is 0.828. The molecule has 2 N–H and O–H groups in total. The zero-order valence-corrected chi connectivity index (χ0v) is 10.8. The highest BCUT2D eigenvalue weighted by molar-refractivity contribution is 5.18. The van der Waals surface area contributed by atoms with Crippen LogP contribution in [0.1, 0.15) is 39.0 Å². The molecule has 18 heavy (non-hydrogen) atoms. The fourth-order valence-corrected chi connectivity index (χ4v) is 2.22. The summed E-state index contributed by atoms with van der Waals surface area (Å²) in [6.07, 6.45) is 7.13. The van der Waals surface area contributed by atoms with Crippen molar-refractivity contribution in [3.63, 3.8) is 0 Å². The number of hydrogen-bond acceptors (Lipinski definition) is 5. The SMILES string of the molecule is CCOc1cc(OC2CCCCCC2N)ncn1. The molecule has 2 atom stereocenters. The summed E-state index contributed by atoms with van der Waals surface area (Å²) < 4.78 is 11.2. The molecule has 1 saturated carbocycles. The summed E-state index contributed by atoms with van der Waals surface area (Å²) in [6, 6.07) is 1.82. The second-order valence-corrected chi connectivity index (χ2v) is 4.59. The Balaban J connectivity index is 2.00. The van der Waals surface area contributed by atoms with Crippen LogP contribution in [0.4, 0.5) is 0 Å². The lowest BCUT2D eigenvalue weighted by atomic mass is 10.1. The van der Waals surface area contributed by atoms with Crippen LogP contribution in [0.2, 0.25) is 0 Å². The lowest BCUT2D eigenvalue weighted by Crippen LogP contribution is -2.38. The number of hydrogen-bond donors (Lipinski definition) is 1. The van der Waals surface area contributed by atoms with E-state index in [2.05, 4.69) is 9.97 Å². The molecule has 5 heteroatoms. The van der Waals surface area contributed by atoms with Gasteiger partial charge in [0.2, 0.25) is 11.8 Å². The molecular formula is C13H21N3O2. The minimum absolute atomic E-state index is 0.0527. The Morgan fingerprint density at radius 1 is 1.22 bits per heavy atom. The molecule has 1 aliphatic rings. The van der Waals surface area contributed by atoms with E-state index in [1.807, 2.05) is 6.92 Å². The number of aromatic nitrogens is 2. The molecule has 1 heterocycles. The van der Waals surface area contributed by atoms with Crippen LogP contribution in [-0.2, 0) is 0 Å². The van der Waals surface area contributed by atoms with Crippen LogP contribution in [0.15, 0.2) is 12.4 Å². The first-order chi connectivity index (χ1) is 8.79. The normalized spacial score (nSPS) is 24.3. The topological polar surface area (TPSA) is 70.3 Å². The summed E-state index contributed by atoms with van der Waals surface area (Å²) in [5.41, 5.74) is 6.12. The average molecular weight is 251 g/mol. The minimum Gasteiger partial charge on any atom is -0.478 e. The molecule has 0 radical (unpaired) electrons. The first kappa shape index (κ1) is 13.1. The Bertz CT molecular complexity index is 373. The van der Waals surface area contributed by atoms with Crippen molar-refractivity contribution < 1.29 is 9.47 Å². The van der Waals surface area contributed by atoms with Gasteiger partial charge in [-0.25, -0.2) is 9.97 Å². The van der Waals surface area contributed by atoms with E-state index in [1.54, 1.807) is 6.07 Å². The zero-order chi connectivity index (χ0) is 12.8. The minimum atomic E-state index is 0.0527. The molecule has 0 amide bonds. The summed E-state index contributed by atoms with van der Waals surface area (Å²) in [6.45, 7) is 2.50. The molecule has 1 aromatic rings.